The van der Waals surface area contributed by atoms with Crippen molar-refractivity contribution in [1.29, 1.82) is 0 Å². The van der Waals surface area contributed by atoms with Gasteiger partial charge >= 0.3 is 5.97 Å². The highest BCUT2D eigenvalue weighted by molar-refractivity contribution is 5.91. The summed E-state index contributed by atoms with van der Waals surface area (Å²) in [5.41, 5.74) is 0.481. The SMILES string of the molecule is CCCCCCCCC/C=C/Oc1ccc(C(=O)Oc2ccc(OCCC[C@@H](C)CC)cc2)cc1. The lowest BCUT2D eigenvalue weighted by molar-refractivity contribution is 0.0734. The number of ether oxygens (including phenoxy) is 3. The summed E-state index contributed by atoms with van der Waals surface area (Å²) in [6, 6.07) is 14.2. The van der Waals surface area contributed by atoms with Crippen LogP contribution < -0.4 is 14.2 Å². The number of carbonyl (C=O) groups is 1. The minimum Gasteiger partial charge on any atom is -0.494 e. The summed E-state index contributed by atoms with van der Waals surface area (Å²) >= 11 is 0. The predicted octanol–water partition coefficient (Wildman–Crippen LogP) is 9.14. The number of hydrogen-bond donors (Lipinski definition) is 0. The van der Waals surface area contributed by atoms with Gasteiger partial charge in [-0.2, -0.15) is 0 Å². The van der Waals surface area contributed by atoms with Gasteiger partial charge in [-0.25, -0.2) is 4.79 Å². The van der Waals surface area contributed by atoms with Crippen LogP contribution in [-0.4, -0.2) is 12.6 Å². The Kier molecular flexibility index (Phi) is 14.4. The van der Waals surface area contributed by atoms with Gasteiger partial charge in [-0.15, -0.1) is 0 Å². The van der Waals surface area contributed by atoms with Gasteiger partial charge in [0.05, 0.1) is 18.4 Å². The molecule has 192 valence electrons. The van der Waals surface area contributed by atoms with Crippen LogP contribution in [0.4, 0.5) is 0 Å². The zero-order chi connectivity index (χ0) is 25.1. The maximum atomic E-state index is 12.4. The molecule has 4 nitrogen and oxygen atoms in total. The van der Waals surface area contributed by atoms with Crippen LogP contribution in [0.1, 0.15) is 102 Å². The summed E-state index contributed by atoms with van der Waals surface area (Å²) in [6.07, 6.45) is 17.4. The van der Waals surface area contributed by atoms with Crippen LogP contribution in [0.25, 0.3) is 0 Å². The van der Waals surface area contributed by atoms with Crippen LogP contribution in [-0.2, 0) is 0 Å². The molecular weight excluding hydrogens is 436 g/mol. The van der Waals surface area contributed by atoms with Crippen molar-refractivity contribution < 1.29 is 19.0 Å². The molecule has 0 aromatic heterocycles. The molecule has 0 unspecified atom stereocenters. The van der Waals surface area contributed by atoms with Gasteiger partial charge in [0.1, 0.15) is 17.2 Å². The molecule has 0 aliphatic carbocycles. The molecule has 4 heteroatoms. The maximum Gasteiger partial charge on any atom is 0.343 e. The first-order chi connectivity index (χ1) is 17.1. The Hall–Kier alpha value is -2.75. The molecule has 0 bridgehead atoms. The summed E-state index contributed by atoms with van der Waals surface area (Å²) in [5.74, 6) is 2.32. The van der Waals surface area contributed by atoms with Crippen molar-refractivity contribution in [2.75, 3.05) is 6.61 Å². The molecule has 0 saturated heterocycles. The second kappa shape index (κ2) is 17.7. The van der Waals surface area contributed by atoms with Crippen LogP contribution in [0.5, 0.6) is 17.2 Å². The van der Waals surface area contributed by atoms with Crippen molar-refractivity contribution >= 4 is 5.97 Å². The van der Waals surface area contributed by atoms with Crippen LogP contribution in [0, 0.1) is 5.92 Å². The third kappa shape index (κ3) is 12.5. The fourth-order valence-electron chi connectivity index (χ4n) is 3.68. The van der Waals surface area contributed by atoms with Gasteiger partial charge in [-0.3, -0.25) is 0 Å². The smallest absolute Gasteiger partial charge is 0.343 e. The molecule has 0 N–H and O–H groups in total. The largest absolute Gasteiger partial charge is 0.494 e. The topological polar surface area (TPSA) is 44.8 Å². The molecule has 0 aliphatic rings. The molecule has 35 heavy (non-hydrogen) atoms. The van der Waals surface area contributed by atoms with Gasteiger partial charge in [0.25, 0.3) is 0 Å². The third-order valence-electron chi connectivity index (χ3n) is 6.21. The van der Waals surface area contributed by atoms with E-state index in [1.807, 2.05) is 12.1 Å². The van der Waals surface area contributed by atoms with Gasteiger partial charge in [-0.05, 0) is 86.2 Å². The molecule has 2 rings (SSSR count). The zero-order valence-corrected chi connectivity index (χ0v) is 22.0. The molecule has 1 atom stereocenters. The van der Waals surface area contributed by atoms with E-state index in [-0.39, 0.29) is 0 Å². The number of carbonyl (C=O) groups excluding carboxylic acids is 1. The minimum atomic E-state index is -0.395. The first kappa shape index (κ1) is 28.5. The number of rotatable bonds is 18. The first-order valence-corrected chi connectivity index (χ1v) is 13.5. The Morgan fingerprint density at radius 3 is 2.11 bits per heavy atom. The van der Waals surface area contributed by atoms with Crippen molar-refractivity contribution in [2.24, 2.45) is 5.92 Å². The molecule has 0 saturated carbocycles. The average molecular weight is 481 g/mol. The zero-order valence-electron chi connectivity index (χ0n) is 22.0. The van der Waals surface area contributed by atoms with Gasteiger partial charge in [-0.1, -0.05) is 65.7 Å². The summed E-state index contributed by atoms with van der Waals surface area (Å²) in [7, 11) is 0. The quantitative estimate of drug-likeness (QED) is 0.0923. The molecule has 0 spiro atoms. The Balaban J connectivity index is 1.66. The highest BCUT2D eigenvalue weighted by Crippen LogP contribution is 2.20. The second-order valence-electron chi connectivity index (χ2n) is 9.29. The molecule has 0 radical (unpaired) electrons. The lowest BCUT2D eigenvalue weighted by atomic mass is 10.0. The third-order valence-corrected chi connectivity index (χ3v) is 6.21. The average Bonchev–Trinajstić information content (AvgIpc) is 2.88. The monoisotopic (exact) mass is 480 g/mol. The fourth-order valence-corrected chi connectivity index (χ4v) is 3.68. The van der Waals surface area contributed by atoms with Crippen LogP contribution in [0.2, 0.25) is 0 Å². The van der Waals surface area contributed by atoms with Gasteiger partial charge in [0, 0.05) is 0 Å². The minimum absolute atomic E-state index is 0.395. The van der Waals surface area contributed by atoms with Gasteiger partial charge < -0.3 is 14.2 Å². The summed E-state index contributed by atoms with van der Waals surface area (Å²) in [4.78, 5) is 12.4. The Bertz CT molecular complexity index is 839. The van der Waals surface area contributed by atoms with Crippen LogP contribution in [0.3, 0.4) is 0 Å². The van der Waals surface area contributed by atoms with E-state index >= 15 is 0 Å². The Morgan fingerprint density at radius 1 is 0.800 bits per heavy atom. The van der Waals surface area contributed by atoms with E-state index in [9.17, 15) is 4.79 Å². The van der Waals surface area contributed by atoms with Crippen molar-refractivity contribution in [3.05, 3.63) is 66.4 Å². The predicted molar refractivity (Wildman–Crippen MR) is 144 cm³/mol. The highest BCUT2D eigenvalue weighted by atomic mass is 16.5. The number of benzene rings is 2. The van der Waals surface area contributed by atoms with E-state index in [0.29, 0.717) is 23.7 Å². The van der Waals surface area contributed by atoms with Gasteiger partial charge in [0.15, 0.2) is 0 Å². The molecule has 0 heterocycles. The fraction of sp³-hybridized carbons (Fsp3) is 0.516. The van der Waals surface area contributed by atoms with E-state index in [1.165, 1.54) is 57.8 Å². The van der Waals surface area contributed by atoms with Gasteiger partial charge in [0.2, 0.25) is 0 Å². The number of unbranched alkanes of at least 4 members (excludes halogenated alkanes) is 7. The van der Waals surface area contributed by atoms with Crippen molar-refractivity contribution in [3.63, 3.8) is 0 Å². The van der Waals surface area contributed by atoms with Crippen LogP contribution in [0.15, 0.2) is 60.9 Å². The molecule has 0 amide bonds. The van der Waals surface area contributed by atoms with Crippen molar-refractivity contribution in [2.45, 2.75) is 91.4 Å². The molecule has 2 aromatic carbocycles. The first-order valence-electron chi connectivity index (χ1n) is 13.5. The van der Waals surface area contributed by atoms with E-state index in [4.69, 9.17) is 14.2 Å². The number of hydrogen-bond acceptors (Lipinski definition) is 4. The van der Waals surface area contributed by atoms with E-state index < -0.39 is 5.97 Å². The summed E-state index contributed by atoms with van der Waals surface area (Å²) in [6.45, 7) is 7.42. The van der Waals surface area contributed by atoms with E-state index in [0.717, 1.165) is 24.5 Å². The maximum absolute atomic E-state index is 12.4. The number of esters is 1. The second-order valence-corrected chi connectivity index (χ2v) is 9.29. The standard InChI is InChI=1S/C31H44O4/c1-4-6-7-8-9-10-11-12-13-24-33-28-18-16-27(17-19-28)31(32)35-30-22-20-29(21-23-30)34-25-14-15-26(3)5-2/h13,16-24,26H,4-12,14-15,25H2,1-3H3/b24-13+/t26-/m0/s1. The lowest BCUT2D eigenvalue weighted by Gasteiger charge is -2.10. The molecule has 0 aliphatic heterocycles. The van der Waals surface area contributed by atoms with Crippen molar-refractivity contribution in [3.8, 4) is 17.2 Å². The van der Waals surface area contributed by atoms with E-state index in [1.54, 1.807) is 42.7 Å². The molecule has 2 aromatic rings. The summed E-state index contributed by atoms with van der Waals surface area (Å²) < 4.78 is 16.9. The molecule has 0 fully saturated rings. The lowest BCUT2D eigenvalue weighted by Crippen LogP contribution is -2.08. The normalized spacial score (nSPS) is 12.0. The Morgan fingerprint density at radius 2 is 1.43 bits per heavy atom. The highest BCUT2D eigenvalue weighted by Gasteiger charge is 2.09. The Labute approximate surface area is 212 Å². The number of allylic oxidation sites excluding steroid dienone is 1. The van der Waals surface area contributed by atoms with E-state index in [2.05, 4.69) is 26.8 Å². The van der Waals surface area contributed by atoms with Crippen LogP contribution >= 0.6 is 0 Å². The molecular formula is C31H44O4. The van der Waals surface area contributed by atoms with Crippen molar-refractivity contribution in [1.82, 2.24) is 0 Å². The summed E-state index contributed by atoms with van der Waals surface area (Å²) in [5, 5.41) is 0.